The van der Waals surface area contributed by atoms with Gasteiger partial charge >= 0.3 is 0 Å². The lowest BCUT2D eigenvalue weighted by molar-refractivity contribution is -0.121. The van der Waals surface area contributed by atoms with E-state index in [1.165, 1.54) is 11.1 Å². The summed E-state index contributed by atoms with van der Waals surface area (Å²) >= 11 is 0. The molecule has 1 atom stereocenters. The Morgan fingerprint density at radius 3 is 2.11 bits per heavy atom. The lowest BCUT2D eigenvalue weighted by Crippen LogP contribution is -2.29. The predicted molar refractivity (Wildman–Crippen MR) is 114 cm³/mol. The van der Waals surface area contributed by atoms with Crippen molar-refractivity contribution in [3.05, 3.63) is 101 Å². The van der Waals surface area contributed by atoms with Crippen LogP contribution in [0.25, 0.3) is 0 Å². The highest BCUT2D eigenvalue weighted by molar-refractivity contribution is 5.77. The third-order valence-corrected chi connectivity index (χ3v) is 4.94. The van der Waals surface area contributed by atoms with Crippen LogP contribution < -0.4 is 5.32 Å². The molecule has 0 saturated carbocycles. The molecule has 0 aliphatic carbocycles. The average molecular weight is 373 g/mol. The Kier molecular flexibility index (Phi) is 6.25. The van der Waals surface area contributed by atoms with E-state index in [9.17, 15) is 4.79 Å². The van der Waals surface area contributed by atoms with E-state index in [2.05, 4.69) is 55.3 Å². The fourth-order valence-electron chi connectivity index (χ4n) is 3.22. The van der Waals surface area contributed by atoms with Gasteiger partial charge in [-0.25, -0.2) is 0 Å². The zero-order valence-corrected chi connectivity index (χ0v) is 16.9. The average Bonchev–Trinajstić information content (AvgIpc) is 2.71. The number of nitrogens with one attached hydrogen (secondary N) is 1. The van der Waals surface area contributed by atoms with Crippen LogP contribution in [0.15, 0.2) is 79.1 Å². The van der Waals surface area contributed by atoms with Gasteiger partial charge in [-0.15, -0.1) is 0 Å². The summed E-state index contributed by atoms with van der Waals surface area (Å²) in [6.45, 7) is 6.62. The molecule has 144 valence electrons. The third-order valence-electron chi connectivity index (χ3n) is 4.94. The largest absolute Gasteiger partial charge is 0.345 e. The van der Waals surface area contributed by atoms with Crippen molar-refractivity contribution in [1.29, 1.82) is 0 Å². The molecule has 3 heteroatoms. The van der Waals surface area contributed by atoms with E-state index in [0.717, 1.165) is 17.5 Å². The minimum Gasteiger partial charge on any atom is -0.345 e. The van der Waals surface area contributed by atoms with Gasteiger partial charge in [0.15, 0.2) is 0 Å². The Labute approximate surface area is 167 Å². The molecule has 2 aromatic carbocycles. The van der Waals surface area contributed by atoms with Crippen LogP contribution in [0.4, 0.5) is 0 Å². The number of benzene rings is 2. The van der Waals surface area contributed by atoms with Gasteiger partial charge in [-0.1, -0.05) is 75.4 Å². The Morgan fingerprint density at radius 1 is 0.893 bits per heavy atom. The summed E-state index contributed by atoms with van der Waals surface area (Å²) in [6, 6.07) is 22.4. The highest BCUT2D eigenvalue weighted by Crippen LogP contribution is 2.23. The van der Waals surface area contributed by atoms with Crippen LogP contribution in [0.5, 0.6) is 0 Å². The summed E-state index contributed by atoms with van der Waals surface area (Å²) in [6.07, 6.45) is 4.71. The summed E-state index contributed by atoms with van der Waals surface area (Å²) < 4.78 is 0. The lowest BCUT2D eigenvalue weighted by Gasteiger charge is -2.20. The van der Waals surface area contributed by atoms with Crippen LogP contribution in [0.3, 0.4) is 0 Å². The SMILES string of the molecule is CC(C)(C)c1ccc(CCC(=O)NC(c2ccccc2)c2ccncc2)cc1. The molecular formula is C25H28N2O. The maximum absolute atomic E-state index is 12.7. The lowest BCUT2D eigenvalue weighted by atomic mass is 9.86. The van der Waals surface area contributed by atoms with E-state index in [-0.39, 0.29) is 17.4 Å². The molecule has 0 aliphatic rings. The van der Waals surface area contributed by atoms with Gasteiger partial charge in [0.1, 0.15) is 0 Å². The molecule has 0 spiro atoms. The molecule has 0 saturated heterocycles. The van der Waals surface area contributed by atoms with Crippen molar-refractivity contribution in [1.82, 2.24) is 10.3 Å². The number of aryl methyl sites for hydroxylation is 1. The van der Waals surface area contributed by atoms with Crippen molar-refractivity contribution in [2.24, 2.45) is 0 Å². The van der Waals surface area contributed by atoms with Gasteiger partial charge in [-0.05, 0) is 46.2 Å². The number of carbonyl (C=O) groups excluding carboxylic acids is 1. The smallest absolute Gasteiger partial charge is 0.221 e. The monoisotopic (exact) mass is 372 g/mol. The molecule has 0 aliphatic heterocycles. The van der Waals surface area contributed by atoms with Crippen molar-refractivity contribution in [3.63, 3.8) is 0 Å². The molecular weight excluding hydrogens is 344 g/mol. The Balaban J connectivity index is 1.66. The number of rotatable bonds is 6. The molecule has 3 nitrogen and oxygen atoms in total. The van der Waals surface area contributed by atoms with E-state index < -0.39 is 0 Å². The molecule has 3 aromatic rings. The highest BCUT2D eigenvalue weighted by atomic mass is 16.1. The van der Waals surface area contributed by atoms with E-state index >= 15 is 0 Å². The third kappa shape index (κ3) is 5.29. The van der Waals surface area contributed by atoms with Crippen LogP contribution in [-0.2, 0) is 16.6 Å². The number of hydrogen-bond acceptors (Lipinski definition) is 2. The number of hydrogen-bond donors (Lipinski definition) is 1. The van der Waals surface area contributed by atoms with Gasteiger partial charge in [0.25, 0.3) is 0 Å². The molecule has 0 fully saturated rings. The first-order valence-corrected chi connectivity index (χ1v) is 9.77. The molecule has 1 amide bonds. The zero-order valence-electron chi connectivity index (χ0n) is 16.9. The van der Waals surface area contributed by atoms with E-state index in [1.807, 2.05) is 42.5 Å². The topological polar surface area (TPSA) is 42.0 Å². The Morgan fingerprint density at radius 2 is 1.50 bits per heavy atom. The summed E-state index contributed by atoms with van der Waals surface area (Å²) in [5, 5.41) is 3.19. The van der Waals surface area contributed by atoms with Gasteiger partial charge in [0.05, 0.1) is 6.04 Å². The molecule has 1 heterocycles. The predicted octanol–water partition coefficient (Wildman–Crippen LogP) is 5.22. The highest BCUT2D eigenvalue weighted by Gasteiger charge is 2.17. The first kappa shape index (κ1) is 19.8. The maximum Gasteiger partial charge on any atom is 0.221 e. The number of nitrogens with zero attached hydrogens (tertiary/aromatic N) is 1. The van der Waals surface area contributed by atoms with Gasteiger partial charge in [-0.3, -0.25) is 9.78 Å². The van der Waals surface area contributed by atoms with Crippen LogP contribution in [0, 0.1) is 0 Å². The van der Waals surface area contributed by atoms with Crippen molar-refractivity contribution >= 4 is 5.91 Å². The van der Waals surface area contributed by atoms with Crippen LogP contribution in [0.1, 0.15) is 55.5 Å². The van der Waals surface area contributed by atoms with E-state index in [4.69, 9.17) is 0 Å². The summed E-state index contributed by atoms with van der Waals surface area (Å²) in [5.41, 5.74) is 4.73. The molecule has 28 heavy (non-hydrogen) atoms. The molecule has 1 N–H and O–H groups in total. The number of amides is 1. The minimum absolute atomic E-state index is 0.0468. The minimum atomic E-state index is -0.167. The zero-order chi connectivity index (χ0) is 20.0. The van der Waals surface area contributed by atoms with Gasteiger partial charge in [0, 0.05) is 18.8 Å². The summed E-state index contributed by atoms with van der Waals surface area (Å²) in [4.78, 5) is 16.8. The quantitative estimate of drug-likeness (QED) is 0.645. The van der Waals surface area contributed by atoms with E-state index in [0.29, 0.717) is 6.42 Å². The molecule has 0 radical (unpaired) electrons. The second kappa shape index (κ2) is 8.83. The van der Waals surface area contributed by atoms with Gasteiger partial charge < -0.3 is 5.32 Å². The van der Waals surface area contributed by atoms with Gasteiger partial charge in [0.2, 0.25) is 5.91 Å². The Bertz CT molecular complexity index is 842. The first-order chi connectivity index (χ1) is 13.4. The molecule has 3 rings (SSSR count). The van der Waals surface area contributed by atoms with Gasteiger partial charge in [-0.2, -0.15) is 0 Å². The van der Waals surface area contributed by atoms with Crippen molar-refractivity contribution in [2.75, 3.05) is 0 Å². The number of pyridine rings is 1. The molecule has 0 bridgehead atoms. The second-order valence-corrected chi connectivity index (χ2v) is 8.14. The van der Waals surface area contributed by atoms with Crippen molar-refractivity contribution in [3.8, 4) is 0 Å². The first-order valence-electron chi connectivity index (χ1n) is 9.77. The van der Waals surface area contributed by atoms with Crippen molar-refractivity contribution < 1.29 is 4.79 Å². The second-order valence-electron chi connectivity index (χ2n) is 8.14. The summed E-state index contributed by atoms with van der Waals surface area (Å²) in [7, 11) is 0. The van der Waals surface area contributed by atoms with E-state index in [1.54, 1.807) is 12.4 Å². The molecule has 1 aromatic heterocycles. The summed E-state index contributed by atoms with van der Waals surface area (Å²) in [5.74, 6) is 0.0468. The normalized spacial score (nSPS) is 12.4. The molecule has 1 unspecified atom stereocenters. The van der Waals surface area contributed by atoms with Crippen LogP contribution in [-0.4, -0.2) is 10.9 Å². The number of carbonyl (C=O) groups is 1. The van der Waals surface area contributed by atoms with Crippen LogP contribution in [0.2, 0.25) is 0 Å². The Hall–Kier alpha value is -2.94. The fraction of sp³-hybridized carbons (Fsp3) is 0.280. The number of aromatic nitrogens is 1. The maximum atomic E-state index is 12.7. The van der Waals surface area contributed by atoms with Crippen LogP contribution >= 0.6 is 0 Å². The fourth-order valence-corrected chi connectivity index (χ4v) is 3.22. The van der Waals surface area contributed by atoms with Crippen molar-refractivity contribution in [2.45, 2.75) is 45.1 Å². The standard InChI is InChI=1S/C25H28N2O/c1-25(2,3)22-12-9-19(10-13-22)11-14-23(28)27-24(20-7-5-4-6-8-20)21-15-17-26-18-16-21/h4-10,12-13,15-18,24H,11,14H2,1-3H3,(H,27,28).